The van der Waals surface area contributed by atoms with Gasteiger partial charge in [-0.15, -0.1) is 0 Å². The maximum atomic E-state index is 12.4. The summed E-state index contributed by atoms with van der Waals surface area (Å²) in [5, 5.41) is 19.9. The molecule has 3 heterocycles. The third kappa shape index (κ3) is 8.35. The number of ether oxygens (including phenoxy) is 4. The summed E-state index contributed by atoms with van der Waals surface area (Å²) >= 11 is 0. The van der Waals surface area contributed by atoms with Crippen LogP contribution in [0.4, 0.5) is 5.82 Å². The van der Waals surface area contributed by atoms with Crippen molar-refractivity contribution < 1.29 is 24.1 Å². The Balaban J connectivity index is 1.11. The van der Waals surface area contributed by atoms with E-state index >= 15 is 0 Å². The molecular weight excluding hydrogens is 813 g/mol. The van der Waals surface area contributed by atoms with Crippen molar-refractivity contribution in [3.8, 4) is 11.5 Å². The normalized spacial score (nSPS) is 17.8. The number of anilines is 1. The Hall–Kier alpha value is -6.89. The highest BCUT2D eigenvalue weighted by molar-refractivity contribution is 5.84. The predicted molar refractivity (Wildman–Crippen MR) is 253 cm³/mol. The van der Waals surface area contributed by atoms with E-state index in [-0.39, 0.29) is 6.61 Å². The number of nitrogens with one attached hydrogen (secondary N) is 2. The number of hydrogen-bond donors (Lipinski definition) is 3. The van der Waals surface area contributed by atoms with Crippen molar-refractivity contribution in [2.24, 2.45) is 0 Å². The molecule has 11 nitrogen and oxygen atoms in total. The first-order chi connectivity index (χ1) is 31.6. The second kappa shape index (κ2) is 18.3. The highest BCUT2D eigenvalue weighted by atomic mass is 16.6. The maximum Gasteiger partial charge on any atom is 0.167 e. The van der Waals surface area contributed by atoms with Crippen LogP contribution >= 0.6 is 0 Å². The zero-order valence-corrected chi connectivity index (χ0v) is 37.2. The molecule has 11 heteroatoms. The van der Waals surface area contributed by atoms with E-state index in [1.807, 2.05) is 114 Å². The van der Waals surface area contributed by atoms with Crippen LogP contribution < -0.4 is 20.1 Å². The van der Waals surface area contributed by atoms with Crippen LogP contribution in [0.1, 0.15) is 60.4 Å². The van der Waals surface area contributed by atoms with E-state index in [2.05, 4.69) is 92.1 Å². The Morgan fingerprint density at radius 3 is 1.55 bits per heavy atom. The molecule has 3 N–H and O–H groups in total. The Morgan fingerprint density at radius 2 is 1.06 bits per heavy atom. The number of imidazole rings is 1. The summed E-state index contributed by atoms with van der Waals surface area (Å²) in [6.45, 7) is 6.26. The van der Waals surface area contributed by atoms with Crippen LogP contribution in [0.25, 0.3) is 11.2 Å². The van der Waals surface area contributed by atoms with Crippen LogP contribution in [0.3, 0.4) is 0 Å². The number of aliphatic hydroxyl groups excluding tert-OH is 1. The van der Waals surface area contributed by atoms with Gasteiger partial charge in [0, 0.05) is 5.54 Å². The van der Waals surface area contributed by atoms with Crippen molar-refractivity contribution >= 4 is 17.0 Å². The average molecular weight is 867 g/mol. The van der Waals surface area contributed by atoms with Crippen LogP contribution in [0.5, 0.6) is 11.5 Å². The van der Waals surface area contributed by atoms with Gasteiger partial charge >= 0.3 is 0 Å². The van der Waals surface area contributed by atoms with E-state index < -0.39 is 41.2 Å². The number of hydrogen-bond acceptors (Lipinski definition) is 10. The van der Waals surface area contributed by atoms with Crippen LogP contribution in [-0.2, 0) is 20.6 Å². The summed E-state index contributed by atoms with van der Waals surface area (Å²) in [7, 11) is 3.32. The quantitative estimate of drug-likeness (QED) is 0.0860. The van der Waals surface area contributed by atoms with E-state index in [4.69, 9.17) is 33.9 Å². The highest BCUT2D eigenvalue weighted by Crippen LogP contribution is 2.44. The number of benzene rings is 6. The van der Waals surface area contributed by atoms with Gasteiger partial charge in [0.2, 0.25) is 0 Å². The molecule has 2 aromatic heterocycles. The van der Waals surface area contributed by atoms with Gasteiger partial charge in [0.25, 0.3) is 0 Å². The number of nitrogens with zero attached hydrogens (tertiary/aromatic N) is 4. The molecule has 1 saturated heterocycles. The second-order valence-corrected chi connectivity index (χ2v) is 17.3. The van der Waals surface area contributed by atoms with Crippen LogP contribution in [0.2, 0.25) is 0 Å². The zero-order valence-electron chi connectivity index (χ0n) is 37.2. The fraction of sp³-hybridized carbons (Fsp3) is 0.241. The lowest BCUT2D eigenvalue weighted by atomic mass is 9.77. The van der Waals surface area contributed by atoms with Gasteiger partial charge < -0.3 is 34.7 Å². The van der Waals surface area contributed by atoms with Crippen molar-refractivity contribution in [1.29, 1.82) is 0 Å². The lowest BCUT2D eigenvalue weighted by molar-refractivity contribution is -0.0933. The Labute approximate surface area is 380 Å². The van der Waals surface area contributed by atoms with Crippen molar-refractivity contribution in [3.63, 3.8) is 0 Å². The largest absolute Gasteiger partial charge is 0.497 e. The van der Waals surface area contributed by atoms with Gasteiger partial charge in [-0.05, 0) is 78.4 Å². The number of aromatic nitrogens is 4. The maximum absolute atomic E-state index is 12.4. The minimum Gasteiger partial charge on any atom is -0.497 e. The molecule has 4 atom stereocenters. The van der Waals surface area contributed by atoms with E-state index in [0.717, 1.165) is 44.9 Å². The molecule has 65 heavy (non-hydrogen) atoms. The molecule has 1 aliphatic rings. The second-order valence-electron chi connectivity index (χ2n) is 17.3. The molecule has 6 aromatic carbocycles. The first kappa shape index (κ1) is 43.4. The number of methoxy groups -OCH3 is 2. The monoisotopic (exact) mass is 866 g/mol. The molecular formula is C54H54N6O5. The van der Waals surface area contributed by atoms with Crippen LogP contribution in [0, 0.1) is 0 Å². The molecule has 0 saturated carbocycles. The summed E-state index contributed by atoms with van der Waals surface area (Å²) in [5.41, 5.74) is 4.43. The van der Waals surface area contributed by atoms with Gasteiger partial charge in [-0.25, -0.2) is 15.0 Å². The first-order valence-electron chi connectivity index (χ1n) is 21.9. The third-order valence-corrected chi connectivity index (χ3v) is 12.2. The fourth-order valence-corrected chi connectivity index (χ4v) is 9.15. The minimum absolute atomic E-state index is 0.0444. The van der Waals surface area contributed by atoms with Crippen LogP contribution in [-0.4, -0.2) is 69.2 Å². The molecule has 0 radical (unpaired) electrons. The van der Waals surface area contributed by atoms with E-state index in [0.29, 0.717) is 17.0 Å². The van der Waals surface area contributed by atoms with Gasteiger partial charge in [-0.2, -0.15) is 0 Å². The topological polar surface area (TPSA) is 125 Å². The number of aliphatic hydroxyl groups is 1. The summed E-state index contributed by atoms with van der Waals surface area (Å²) in [5.74, 6) is 2.00. The lowest BCUT2D eigenvalue weighted by Gasteiger charge is -2.37. The first-order valence-corrected chi connectivity index (χ1v) is 21.9. The van der Waals surface area contributed by atoms with Crippen LogP contribution in [0.15, 0.2) is 183 Å². The predicted octanol–water partition coefficient (Wildman–Crippen LogP) is 9.27. The SMILES string of the molecule is COc1ccc(C(Nc2ncnc3c2ncn3[C@@H]2O[C@H](COC(c3ccccc3)(c3ccccc3)c3ccc(OC)cc3)[C@H](O)[C@H]2NC(C)(C)C)(c2ccccc2)c2ccccc2)cc1. The number of rotatable bonds is 15. The third-order valence-electron chi connectivity index (χ3n) is 12.2. The summed E-state index contributed by atoms with van der Waals surface area (Å²) in [6.07, 6.45) is 0.774. The van der Waals surface area contributed by atoms with Crippen molar-refractivity contribution in [3.05, 3.63) is 216 Å². The summed E-state index contributed by atoms with van der Waals surface area (Å²) < 4.78 is 27.2. The van der Waals surface area contributed by atoms with Gasteiger partial charge in [0.15, 0.2) is 23.2 Å². The molecule has 9 rings (SSSR count). The van der Waals surface area contributed by atoms with Gasteiger partial charge in [0.1, 0.15) is 41.2 Å². The minimum atomic E-state index is -1.06. The fourth-order valence-electron chi connectivity index (χ4n) is 9.15. The Morgan fingerprint density at radius 1 is 0.600 bits per heavy atom. The molecule has 0 amide bonds. The van der Waals surface area contributed by atoms with Gasteiger partial charge in [-0.3, -0.25) is 4.57 Å². The van der Waals surface area contributed by atoms with E-state index in [1.165, 1.54) is 0 Å². The van der Waals surface area contributed by atoms with Crippen molar-refractivity contribution in [2.75, 3.05) is 26.1 Å². The summed E-state index contributed by atoms with van der Waals surface area (Å²) in [4.78, 5) is 14.6. The number of fused-ring (bicyclic) bond motifs is 1. The molecule has 0 unspecified atom stereocenters. The zero-order chi connectivity index (χ0) is 45.0. The van der Waals surface area contributed by atoms with Gasteiger partial charge in [0.05, 0.1) is 33.2 Å². The average Bonchev–Trinajstić information content (AvgIpc) is 3.92. The molecule has 330 valence electrons. The van der Waals surface area contributed by atoms with Gasteiger partial charge in [-0.1, -0.05) is 146 Å². The molecule has 1 aliphatic heterocycles. The molecule has 0 bridgehead atoms. The van der Waals surface area contributed by atoms with Crippen molar-refractivity contribution in [1.82, 2.24) is 24.8 Å². The molecule has 0 aliphatic carbocycles. The summed E-state index contributed by atoms with van der Waals surface area (Å²) in [6, 6.07) is 56.3. The van der Waals surface area contributed by atoms with E-state index in [1.54, 1.807) is 26.9 Å². The highest BCUT2D eigenvalue weighted by Gasteiger charge is 2.49. The molecule has 8 aromatic rings. The van der Waals surface area contributed by atoms with Crippen molar-refractivity contribution in [2.45, 2.75) is 61.9 Å². The molecule has 1 fully saturated rings. The van der Waals surface area contributed by atoms with E-state index in [9.17, 15) is 5.11 Å². The molecule has 0 spiro atoms. The Kier molecular flexibility index (Phi) is 12.2. The smallest absolute Gasteiger partial charge is 0.167 e. The standard InChI is InChI=1S/C54H54N6O5/c1-52(2,3)58-46-48(61)45(34-64-54(40-22-14-8-15-23-40,41-24-16-9-17-25-41)42-28-32-44(63-5)33-29-42)65-51(46)60-36-57-47-49(55-35-56-50(47)60)59-53(37-18-10-6-11-19-37,38-20-12-7-13-21-38)39-26-30-43(62-4)31-27-39/h6-33,35-36,45-46,48,51,58,61H,34H2,1-5H3,(H,55,56,59)/t45-,46-,48+,51-/m1/s1. The Bertz CT molecular complexity index is 2710. The lowest BCUT2D eigenvalue weighted by Crippen LogP contribution is -2.52.